The maximum absolute atomic E-state index is 13.4. The van der Waals surface area contributed by atoms with Crippen molar-refractivity contribution in [1.82, 2.24) is 9.88 Å². The van der Waals surface area contributed by atoms with Crippen molar-refractivity contribution in [3.8, 4) is 11.5 Å². The van der Waals surface area contributed by atoms with Crippen molar-refractivity contribution in [2.24, 2.45) is 0 Å². The maximum Gasteiger partial charge on any atom is 0.231 e. The Balaban J connectivity index is 1.66. The average Bonchev–Trinajstić information content (AvgIpc) is 3.24. The topological polar surface area (TPSA) is 54.9 Å². The molecule has 3 heterocycles. The van der Waals surface area contributed by atoms with Crippen LogP contribution in [0.15, 0.2) is 48.7 Å². The summed E-state index contributed by atoms with van der Waals surface area (Å²) in [7, 11) is 0. The fourth-order valence-corrected chi connectivity index (χ4v) is 4.11. The van der Waals surface area contributed by atoms with Crippen LogP contribution in [0.1, 0.15) is 22.8 Å². The van der Waals surface area contributed by atoms with Gasteiger partial charge in [-0.2, -0.15) is 0 Å². The van der Waals surface area contributed by atoms with Gasteiger partial charge >= 0.3 is 0 Å². The van der Waals surface area contributed by atoms with Crippen molar-refractivity contribution in [3.63, 3.8) is 0 Å². The van der Waals surface area contributed by atoms with Gasteiger partial charge in [-0.15, -0.1) is 0 Å². The standard InChI is InChI=1S/C23H23N3O3/c1-2-25-8-10-26(11-9-25)22-17-12-20-21(29-15-28-20)13-19(17)24-14-18(22)23(27)16-6-4-3-5-7-16/h3-7,12-14H,2,8-11,15H2,1H3. The highest BCUT2D eigenvalue weighted by atomic mass is 16.7. The smallest absolute Gasteiger partial charge is 0.231 e. The Labute approximate surface area is 169 Å². The number of carbonyl (C=O) groups is 1. The fourth-order valence-electron chi connectivity index (χ4n) is 4.11. The Kier molecular flexibility index (Phi) is 4.56. The summed E-state index contributed by atoms with van der Waals surface area (Å²) in [6, 6.07) is 13.3. The van der Waals surface area contributed by atoms with Crippen molar-refractivity contribution >= 4 is 22.4 Å². The van der Waals surface area contributed by atoms with Gasteiger partial charge in [0.1, 0.15) is 0 Å². The molecule has 2 aliphatic heterocycles. The van der Waals surface area contributed by atoms with Gasteiger partial charge in [0.15, 0.2) is 17.3 Å². The van der Waals surface area contributed by atoms with Crippen LogP contribution < -0.4 is 14.4 Å². The second kappa shape index (κ2) is 7.37. The molecule has 29 heavy (non-hydrogen) atoms. The molecule has 0 radical (unpaired) electrons. The second-order valence-electron chi connectivity index (χ2n) is 7.36. The molecule has 5 rings (SSSR count). The van der Waals surface area contributed by atoms with E-state index in [2.05, 4.69) is 21.7 Å². The number of aromatic nitrogens is 1. The number of nitrogens with zero attached hydrogens (tertiary/aromatic N) is 3. The summed E-state index contributed by atoms with van der Waals surface area (Å²) in [5.74, 6) is 1.40. The largest absolute Gasteiger partial charge is 0.454 e. The molecule has 0 aliphatic carbocycles. The molecule has 0 atom stereocenters. The predicted octanol–water partition coefficient (Wildman–Crippen LogP) is 3.34. The molecule has 1 fully saturated rings. The van der Waals surface area contributed by atoms with Crippen LogP contribution in [0.2, 0.25) is 0 Å². The van der Waals surface area contributed by atoms with Crippen LogP contribution in [0.5, 0.6) is 11.5 Å². The molecule has 148 valence electrons. The van der Waals surface area contributed by atoms with Gasteiger partial charge in [0.2, 0.25) is 6.79 Å². The van der Waals surface area contributed by atoms with Gasteiger partial charge in [-0.3, -0.25) is 9.78 Å². The highest BCUT2D eigenvalue weighted by Crippen LogP contribution is 2.40. The highest BCUT2D eigenvalue weighted by Gasteiger charge is 2.26. The molecule has 0 spiro atoms. The van der Waals surface area contributed by atoms with Crippen molar-refractivity contribution in [3.05, 3.63) is 59.8 Å². The fraction of sp³-hybridized carbons (Fsp3) is 0.304. The van der Waals surface area contributed by atoms with E-state index in [9.17, 15) is 4.79 Å². The van der Waals surface area contributed by atoms with E-state index in [1.165, 1.54) is 0 Å². The first-order valence-corrected chi connectivity index (χ1v) is 10.0. The summed E-state index contributed by atoms with van der Waals surface area (Å²) in [6.45, 7) is 7.13. The average molecular weight is 389 g/mol. The number of benzene rings is 2. The van der Waals surface area contributed by atoms with Crippen LogP contribution in [-0.2, 0) is 0 Å². The van der Waals surface area contributed by atoms with Crippen LogP contribution in [0.25, 0.3) is 10.9 Å². The Bertz CT molecular complexity index is 1060. The van der Waals surface area contributed by atoms with Crippen molar-refractivity contribution in [2.75, 3.05) is 44.4 Å². The molecule has 0 N–H and O–H groups in total. The van der Waals surface area contributed by atoms with E-state index in [1.807, 2.05) is 42.5 Å². The Morgan fingerprint density at radius 2 is 1.76 bits per heavy atom. The van der Waals surface area contributed by atoms with E-state index in [-0.39, 0.29) is 12.6 Å². The first-order valence-electron chi connectivity index (χ1n) is 10.0. The van der Waals surface area contributed by atoms with Gasteiger partial charge in [-0.05, 0) is 12.6 Å². The number of hydrogen-bond donors (Lipinski definition) is 0. The van der Waals surface area contributed by atoms with Crippen LogP contribution in [-0.4, -0.2) is 55.2 Å². The number of likely N-dealkylation sites (N-methyl/N-ethyl adjacent to an activating group) is 1. The zero-order chi connectivity index (χ0) is 19.8. The number of hydrogen-bond acceptors (Lipinski definition) is 6. The molecule has 2 aliphatic rings. The highest BCUT2D eigenvalue weighted by molar-refractivity contribution is 6.16. The van der Waals surface area contributed by atoms with E-state index in [0.29, 0.717) is 22.6 Å². The number of fused-ring (bicyclic) bond motifs is 2. The Morgan fingerprint density at radius 1 is 1.03 bits per heavy atom. The molecule has 2 aromatic carbocycles. The van der Waals surface area contributed by atoms with Gasteiger partial charge in [0.05, 0.1) is 16.8 Å². The SMILES string of the molecule is CCN1CCN(c2c(C(=O)c3ccccc3)cnc3cc4c(cc23)OCO4)CC1. The van der Waals surface area contributed by atoms with Gasteiger partial charge < -0.3 is 19.3 Å². The monoisotopic (exact) mass is 389 g/mol. The second-order valence-corrected chi connectivity index (χ2v) is 7.36. The molecular formula is C23H23N3O3. The predicted molar refractivity (Wildman–Crippen MR) is 112 cm³/mol. The summed E-state index contributed by atoms with van der Waals surface area (Å²) in [6.07, 6.45) is 1.71. The lowest BCUT2D eigenvalue weighted by atomic mass is 9.99. The van der Waals surface area contributed by atoms with E-state index in [1.54, 1.807) is 6.20 Å². The summed E-state index contributed by atoms with van der Waals surface area (Å²) < 4.78 is 11.1. The lowest BCUT2D eigenvalue weighted by molar-refractivity contribution is 0.103. The van der Waals surface area contributed by atoms with Gasteiger partial charge in [-0.1, -0.05) is 37.3 Å². The molecule has 1 saturated heterocycles. The molecule has 0 amide bonds. The zero-order valence-corrected chi connectivity index (χ0v) is 16.4. The summed E-state index contributed by atoms with van der Waals surface area (Å²) in [4.78, 5) is 22.7. The number of ether oxygens (including phenoxy) is 2. The van der Waals surface area contributed by atoms with Crippen LogP contribution in [0.4, 0.5) is 5.69 Å². The normalized spacial score (nSPS) is 16.4. The molecule has 6 heteroatoms. The minimum Gasteiger partial charge on any atom is -0.454 e. The molecular weight excluding hydrogens is 366 g/mol. The summed E-state index contributed by atoms with van der Waals surface area (Å²) in [5, 5.41) is 0.931. The van der Waals surface area contributed by atoms with Crippen LogP contribution >= 0.6 is 0 Å². The molecule has 0 unspecified atom stereocenters. The van der Waals surface area contributed by atoms with Gasteiger partial charge in [0.25, 0.3) is 0 Å². The lowest BCUT2D eigenvalue weighted by Crippen LogP contribution is -2.46. The number of carbonyl (C=O) groups excluding carboxylic acids is 1. The number of pyridine rings is 1. The third-order valence-electron chi connectivity index (χ3n) is 5.75. The van der Waals surface area contributed by atoms with Crippen LogP contribution in [0.3, 0.4) is 0 Å². The minimum atomic E-state index is -0.00871. The molecule has 0 bridgehead atoms. The number of piperazine rings is 1. The molecule has 1 aromatic heterocycles. The maximum atomic E-state index is 13.4. The van der Waals surface area contributed by atoms with E-state index >= 15 is 0 Å². The molecule has 3 aromatic rings. The third kappa shape index (κ3) is 3.19. The van der Waals surface area contributed by atoms with Crippen molar-refractivity contribution in [2.45, 2.75) is 6.92 Å². The first-order chi connectivity index (χ1) is 14.2. The number of ketones is 1. The molecule has 0 saturated carbocycles. The minimum absolute atomic E-state index is 0.00871. The van der Waals surface area contributed by atoms with Crippen molar-refractivity contribution < 1.29 is 14.3 Å². The van der Waals surface area contributed by atoms with E-state index in [0.717, 1.165) is 49.3 Å². The van der Waals surface area contributed by atoms with Gasteiger partial charge in [-0.25, -0.2) is 0 Å². The molecule has 6 nitrogen and oxygen atoms in total. The number of anilines is 1. The quantitative estimate of drug-likeness (QED) is 0.638. The third-order valence-corrected chi connectivity index (χ3v) is 5.75. The summed E-state index contributed by atoms with van der Waals surface area (Å²) in [5.41, 5.74) is 3.06. The van der Waals surface area contributed by atoms with E-state index in [4.69, 9.17) is 9.47 Å². The first kappa shape index (κ1) is 17.9. The summed E-state index contributed by atoms with van der Waals surface area (Å²) >= 11 is 0. The number of rotatable bonds is 4. The Hall–Kier alpha value is -3.12. The zero-order valence-electron chi connectivity index (χ0n) is 16.4. The Morgan fingerprint density at radius 3 is 2.48 bits per heavy atom. The lowest BCUT2D eigenvalue weighted by Gasteiger charge is -2.36. The van der Waals surface area contributed by atoms with Crippen LogP contribution in [0, 0.1) is 0 Å². The van der Waals surface area contributed by atoms with E-state index < -0.39 is 0 Å². The van der Waals surface area contributed by atoms with Crippen molar-refractivity contribution in [1.29, 1.82) is 0 Å². The van der Waals surface area contributed by atoms with Gasteiger partial charge in [0, 0.05) is 49.4 Å².